The van der Waals surface area contributed by atoms with Crippen LogP contribution in [0.5, 0.6) is 0 Å². The van der Waals surface area contributed by atoms with E-state index in [1.807, 2.05) is 35.9 Å². The van der Waals surface area contributed by atoms with Crippen LogP contribution in [0.3, 0.4) is 0 Å². The number of thiophene rings is 1. The first-order chi connectivity index (χ1) is 8.66. The molecule has 0 amide bonds. The molecular formula is C14H15NO2S. The van der Waals surface area contributed by atoms with Crippen molar-refractivity contribution in [1.82, 2.24) is 0 Å². The predicted molar refractivity (Wildman–Crippen MR) is 73.4 cm³/mol. The van der Waals surface area contributed by atoms with E-state index in [-0.39, 0.29) is 11.9 Å². The zero-order valence-electron chi connectivity index (χ0n) is 10.1. The quantitative estimate of drug-likeness (QED) is 0.679. The van der Waals surface area contributed by atoms with Crippen molar-refractivity contribution in [3.05, 3.63) is 52.2 Å². The van der Waals surface area contributed by atoms with Gasteiger partial charge in [-0.3, -0.25) is 4.79 Å². The number of esters is 1. The molecule has 0 saturated heterocycles. The highest BCUT2D eigenvalue weighted by Gasteiger charge is 2.16. The van der Waals surface area contributed by atoms with Crippen LogP contribution in [0.4, 0.5) is 5.69 Å². The highest BCUT2D eigenvalue weighted by Crippen LogP contribution is 2.20. The van der Waals surface area contributed by atoms with Crippen molar-refractivity contribution in [2.24, 2.45) is 0 Å². The number of benzene rings is 1. The molecule has 0 fully saturated rings. The van der Waals surface area contributed by atoms with Gasteiger partial charge in [0, 0.05) is 11.3 Å². The second-order valence-electron chi connectivity index (χ2n) is 4.13. The van der Waals surface area contributed by atoms with Crippen molar-refractivity contribution in [2.45, 2.75) is 19.4 Å². The average Bonchev–Trinajstić information content (AvgIpc) is 2.88. The Hall–Kier alpha value is -1.81. The lowest BCUT2D eigenvalue weighted by molar-refractivity contribution is -0.146. The Kier molecular flexibility index (Phi) is 3.99. The summed E-state index contributed by atoms with van der Waals surface area (Å²) in [6, 6.07) is 9.27. The molecule has 18 heavy (non-hydrogen) atoms. The van der Waals surface area contributed by atoms with Crippen LogP contribution in [-0.4, -0.2) is 5.97 Å². The second-order valence-corrected chi connectivity index (χ2v) is 4.91. The summed E-state index contributed by atoms with van der Waals surface area (Å²) in [5, 5.41) is 3.93. The van der Waals surface area contributed by atoms with Gasteiger partial charge in [0.2, 0.25) is 0 Å². The number of nitrogens with two attached hydrogens (primary N) is 1. The Bertz CT molecular complexity index is 522. The van der Waals surface area contributed by atoms with Gasteiger partial charge >= 0.3 is 5.97 Å². The van der Waals surface area contributed by atoms with Crippen LogP contribution in [0.2, 0.25) is 0 Å². The molecule has 2 rings (SSSR count). The van der Waals surface area contributed by atoms with E-state index in [0.717, 1.165) is 11.1 Å². The van der Waals surface area contributed by atoms with Gasteiger partial charge in [-0.25, -0.2) is 0 Å². The summed E-state index contributed by atoms with van der Waals surface area (Å²) >= 11 is 1.59. The molecule has 1 aromatic heterocycles. The Morgan fingerprint density at radius 3 is 2.94 bits per heavy atom. The van der Waals surface area contributed by atoms with Crippen LogP contribution in [-0.2, 0) is 16.1 Å². The summed E-state index contributed by atoms with van der Waals surface area (Å²) in [5.41, 5.74) is 8.26. The molecule has 0 spiro atoms. The van der Waals surface area contributed by atoms with Gasteiger partial charge in [0.1, 0.15) is 6.61 Å². The van der Waals surface area contributed by atoms with Crippen LogP contribution in [0, 0.1) is 0 Å². The van der Waals surface area contributed by atoms with Gasteiger partial charge < -0.3 is 10.5 Å². The largest absolute Gasteiger partial charge is 0.460 e. The fourth-order valence-corrected chi connectivity index (χ4v) is 2.27. The van der Waals surface area contributed by atoms with E-state index >= 15 is 0 Å². The van der Waals surface area contributed by atoms with Gasteiger partial charge in [-0.15, -0.1) is 0 Å². The van der Waals surface area contributed by atoms with E-state index in [1.165, 1.54) is 0 Å². The highest BCUT2D eigenvalue weighted by molar-refractivity contribution is 7.07. The average molecular weight is 261 g/mol. The smallest absolute Gasteiger partial charge is 0.313 e. The first-order valence-corrected chi connectivity index (χ1v) is 6.64. The summed E-state index contributed by atoms with van der Waals surface area (Å²) < 4.78 is 5.27. The third kappa shape index (κ3) is 3.11. The lowest BCUT2D eigenvalue weighted by Crippen LogP contribution is -2.13. The van der Waals surface area contributed by atoms with Gasteiger partial charge in [-0.05, 0) is 41.4 Å². The van der Waals surface area contributed by atoms with Crippen molar-refractivity contribution >= 4 is 23.0 Å². The summed E-state index contributed by atoms with van der Waals surface area (Å²) in [6.07, 6.45) is 0. The van der Waals surface area contributed by atoms with Crippen molar-refractivity contribution in [1.29, 1.82) is 0 Å². The number of hydrogen-bond acceptors (Lipinski definition) is 4. The lowest BCUT2D eigenvalue weighted by Gasteiger charge is -2.11. The van der Waals surface area contributed by atoms with Gasteiger partial charge in [0.15, 0.2) is 0 Å². The van der Waals surface area contributed by atoms with Gasteiger partial charge in [-0.1, -0.05) is 12.1 Å². The summed E-state index contributed by atoms with van der Waals surface area (Å²) in [5.74, 6) is -0.529. The van der Waals surface area contributed by atoms with Gasteiger partial charge in [0.05, 0.1) is 5.92 Å². The molecule has 2 aromatic rings. The monoisotopic (exact) mass is 261 g/mol. The Labute approximate surface area is 110 Å². The van der Waals surface area contributed by atoms with Crippen molar-refractivity contribution in [2.75, 3.05) is 5.73 Å². The third-order valence-electron chi connectivity index (χ3n) is 2.73. The molecule has 0 aliphatic carbocycles. The van der Waals surface area contributed by atoms with E-state index in [9.17, 15) is 4.79 Å². The maximum atomic E-state index is 11.9. The first kappa shape index (κ1) is 12.6. The van der Waals surface area contributed by atoms with E-state index < -0.39 is 0 Å². The number of carbonyl (C=O) groups is 1. The molecule has 0 radical (unpaired) electrons. The van der Waals surface area contributed by atoms with E-state index in [0.29, 0.717) is 12.3 Å². The van der Waals surface area contributed by atoms with Crippen LogP contribution >= 0.6 is 11.3 Å². The standard InChI is InChI=1S/C14H15NO2S/c1-10(12-3-2-4-13(15)7-12)14(16)17-8-11-5-6-18-9-11/h2-7,9-10H,8,15H2,1H3. The maximum absolute atomic E-state index is 11.9. The van der Waals surface area contributed by atoms with E-state index in [4.69, 9.17) is 10.5 Å². The summed E-state index contributed by atoms with van der Waals surface area (Å²) in [6.45, 7) is 2.15. The van der Waals surface area contributed by atoms with Crippen molar-refractivity contribution in [3.63, 3.8) is 0 Å². The minimum atomic E-state index is -0.299. The van der Waals surface area contributed by atoms with Crippen LogP contribution in [0.25, 0.3) is 0 Å². The molecule has 0 bridgehead atoms. The number of hydrogen-bond donors (Lipinski definition) is 1. The molecular weight excluding hydrogens is 246 g/mol. The number of anilines is 1. The fourth-order valence-electron chi connectivity index (χ4n) is 1.62. The molecule has 2 N–H and O–H groups in total. The Balaban J connectivity index is 1.96. The number of carbonyl (C=O) groups excluding carboxylic acids is 1. The number of nitrogen functional groups attached to an aromatic ring is 1. The van der Waals surface area contributed by atoms with Crippen molar-refractivity contribution in [3.8, 4) is 0 Å². The molecule has 0 aliphatic heterocycles. The van der Waals surface area contributed by atoms with Gasteiger partial charge in [-0.2, -0.15) is 11.3 Å². The van der Waals surface area contributed by atoms with Crippen molar-refractivity contribution < 1.29 is 9.53 Å². The molecule has 4 heteroatoms. The molecule has 3 nitrogen and oxygen atoms in total. The first-order valence-electron chi connectivity index (χ1n) is 5.70. The molecule has 0 saturated carbocycles. The number of rotatable bonds is 4. The maximum Gasteiger partial charge on any atom is 0.313 e. The lowest BCUT2D eigenvalue weighted by atomic mass is 10.0. The van der Waals surface area contributed by atoms with Crippen LogP contribution < -0.4 is 5.73 Å². The molecule has 1 heterocycles. The minimum Gasteiger partial charge on any atom is -0.460 e. The highest BCUT2D eigenvalue weighted by atomic mass is 32.1. The second kappa shape index (κ2) is 5.69. The topological polar surface area (TPSA) is 52.3 Å². The molecule has 1 atom stereocenters. The Morgan fingerprint density at radius 1 is 1.44 bits per heavy atom. The molecule has 0 aliphatic rings. The molecule has 1 unspecified atom stereocenters. The van der Waals surface area contributed by atoms with E-state index in [1.54, 1.807) is 23.5 Å². The summed E-state index contributed by atoms with van der Waals surface area (Å²) in [4.78, 5) is 11.9. The third-order valence-corrected chi connectivity index (χ3v) is 3.46. The van der Waals surface area contributed by atoms with Crippen LogP contribution in [0.1, 0.15) is 24.0 Å². The molecule has 1 aromatic carbocycles. The minimum absolute atomic E-state index is 0.230. The number of ether oxygens (including phenoxy) is 1. The normalized spacial score (nSPS) is 12.1. The zero-order chi connectivity index (χ0) is 13.0. The van der Waals surface area contributed by atoms with Crippen LogP contribution in [0.15, 0.2) is 41.1 Å². The fraction of sp³-hybridized carbons (Fsp3) is 0.214. The van der Waals surface area contributed by atoms with E-state index in [2.05, 4.69) is 0 Å². The molecule has 94 valence electrons. The SMILES string of the molecule is CC(C(=O)OCc1ccsc1)c1cccc(N)c1. The van der Waals surface area contributed by atoms with Gasteiger partial charge in [0.25, 0.3) is 0 Å². The Morgan fingerprint density at radius 2 is 2.28 bits per heavy atom. The zero-order valence-corrected chi connectivity index (χ0v) is 10.9. The predicted octanol–water partition coefficient (Wildman–Crippen LogP) is 3.18. The summed E-state index contributed by atoms with van der Waals surface area (Å²) in [7, 11) is 0.